The number of hydrogen-bond acceptors (Lipinski definition) is 3. The molecule has 0 bridgehead atoms. The first-order valence-electron chi connectivity index (χ1n) is 5.00. The van der Waals surface area contributed by atoms with E-state index in [1.54, 1.807) is 30.1 Å². The van der Waals surface area contributed by atoms with E-state index in [1.165, 1.54) is 6.07 Å². The van der Waals surface area contributed by atoms with Gasteiger partial charge in [-0.1, -0.05) is 18.2 Å². The van der Waals surface area contributed by atoms with Gasteiger partial charge in [-0.3, -0.25) is 15.1 Å². The van der Waals surface area contributed by atoms with E-state index in [0.29, 0.717) is 5.56 Å². The van der Waals surface area contributed by atoms with Crippen molar-refractivity contribution < 1.29 is 9.18 Å². The fourth-order valence-electron chi connectivity index (χ4n) is 1.46. The van der Waals surface area contributed by atoms with Crippen LogP contribution in [0.5, 0.6) is 0 Å². The minimum Gasteiger partial charge on any atom is -0.293 e. The van der Waals surface area contributed by atoms with Gasteiger partial charge in [0.25, 0.3) is 0 Å². The number of hydrazine groups is 1. The van der Waals surface area contributed by atoms with Crippen molar-refractivity contribution in [2.45, 2.75) is 13.0 Å². The van der Waals surface area contributed by atoms with Gasteiger partial charge in [0.2, 0.25) is 5.91 Å². The number of rotatable bonds is 4. The van der Waals surface area contributed by atoms with Crippen molar-refractivity contribution in [1.29, 1.82) is 0 Å². The highest BCUT2D eigenvalue weighted by Crippen LogP contribution is 2.20. The summed E-state index contributed by atoms with van der Waals surface area (Å²) in [5, 5.41) is 0. The zero-order chi connectivity index (χ0) is 12.1. The molecule has 0 aromatic heterocycles. The number of amides is 1. The van der Waals surface area contributed by atoms with E-state index in [-0.39, 0.29) is 24.3 Å². The smallest absolute Gasteiger partial charge is 0.248 e. The molecule has 88 valence electrons. The maximum Gasteiger partial charge on any atom is 0.248 e. The van der Waals surface area contributed by atoms with Crippen LogP contribution in [0, 0.1) is 5.82 Å². The highest BCUT2D eigenvalue weighted by molar-refractivity contribution is 5.77. The molecule has 16 heavy (non-hydrogen) atoms. The van der Waals surface area contributed by atoms with Crippen molar-refractivity contribution in [2.75, 3.05) is 13.6 Å². The lowest BCUT2D eigenvalue weighted by molar-refractivity contribution is -0.122. The second-order valence-corrected chi connectivity index (χ2v) is 3.68. The second-order valence-electron chi connectivity index (χ2n) is 3.68. The molecule has 1 amide bonds. The summed E-state index contributed by atoms with van der Waals surface area (Å²) in [5.41, 5.74) is 2.61. The Kier molecular flexibility index (Phi) is 4.39. The van der Waals surface area contributed by atoms with Crippen LogP contribution in [0.1, 0.15) is 18.5 Å². The summed E-state index contributed by atoms with van der Waals surface area (Å²) in [6, 6.07) is 6.34. The fourth-order valence-corrected chi connectivity index (χ4v) is 1.46. The Morgan fingerprint density at radius 2 is 2.19 bits per heavy atom. The SMILES string of the molecule is CC(c1ccccc1F)N(C)CC(=O)NN. The molecule has 1 aromatic carbocycles. The molecule has 0 fully saturated rings. The predicted molar refractivity (Wildman–Crippen MR) is 59.8 cm³/mol. The minimum absolute atomic E-state index is 0.131. The third-order valence-corrected chi connectivity index (χ3v) is 2.57. The van der Waals surface area contributed by atoms with E-state index < -0.39 is 0 Å². The van der Waals surface area contributed by atoms with Crippen LogP contribution in [0.25, 0.3) is 0 Å². The van der Waals surface area contributed by atoms with Crippen molar-refractivity contribution >= 4 is 5.91 Å². The van der Waals surface area contributed by atoms with E-state index in [0.717, 1.165) is 0 Å². The summed E-state index contributed by atoms with van der Waals surface area (Å²) in [5.74, 6) is 4.42. The highest BCUT2D eigenvalue weighted by atomic mass is 19.1. The molecule has 0 saturated heterocycles. The third-order valence-electron chi connectivity index (χ3n) is 2.57. The number of nitrogens with one attached hydrogen (secondary N) is 1. The summed E-state index contributed by atoms with van der Waals surface area (Å²) >= 11 is 0. The van der Waals surface area contributed by atoms with E-state index in [4.69, 9.17) is 5.84 Å². The Morgan fingerprint density at radius 3 is 2.75 bits per heavy atom. The maximum atomic E-state index is 13.5. The lowest BCUT2D eigenvalue weighted by Crippen LogP contribution is -2.39. The minimum atomic E-state index is -0.300. The largest absolute Gasteiger partial charge is 0.293 e. The number of carbonyl (C=O) groups excluding carboxylic acids is 1. The molecular formula is C11H16FN3O. The average Bonchev–Trinajstić information content (AvgIpc) is 2.28. The molecule has 0 aliphatic carbocycles. The van der Waals surface area contributed by atoms with Crippen molar-refractivity contribution in [3.05, 3.63) is 35.6 Å². The summed E-state index contributed by atoms with van der Waals surface area (Å²) in [6.07, 6.45) is 0. The zero-order valence-electron chi connectivity index (χ0n) is 9.40. The highest BCUT2D eigenvalue weighted by Gasteiger charge is 2.16. The Bertz CT molecular complexity index is 370. The summed E-state index contributed by atoms with van der Waals surface area (Å²) < 4.78 is 13.5. The molecule has 1 unspecified atom stereocenters. The van der Waals surface area contributed by atoms with E-state index in [9.17, 15) is 9.18 Å². The maximum absolute atomic E-state index is 13.5. The van der Waals surface area contributed by atoms with Crippen molar-refractivity contribution in [3.8, 4) is 0 Å². The molecule has 0 aliphatic rings. The monoisotopic (exact) mass is 225 g/mol. The van der Waals surface area contributed by atoms with Crippen LogP contribution in [-0.4, -0.2) is 24.4 Å². The summed E-state index contributed by atoms with van der Waals surface area (Å²) in [7, 11) is 1.74. The van der Waals surface area contributed by atoms with Gasteiger partial charge < -0.3 is 0 Å². The Labute approximate surface area is 94.2 Å². The van der Waals surface area contributed by atoms with Crippen molar-refractivity contribution in [3.63, 3.8) is 0 Å². The standard InChI is InChI=1S/C11H16FN3O/c1-8(15(2)7-11(16)14-13)9-5-3-4-6-10(9)12/h3-6,8H,7,13H2,1-2H3,(H,14,16). The number of benzene rings is 1. The molecule has 3 N–H and O–H groups in total. The van der Waals surface area contributed by atoms with E-state index in [1.807, 2.05) is 12.3 Å². The molecule has 5 heteroatoms. The van der Waals surface area contributed by atoms with E-state index >= 15 is 0 Å². The quantitative estimate of drug-likeness (QED) is 0.453. The van der Waals surface area contributed by atoms with Crippen LogP contribution < -0.4 is 11.3 Å². The molecule has 0 heterocycles. The van der Waals surface area contributed by atoms with Gasteiger partial charge in [-0.05, 0) is 20.0 Å². The Balaban J connectivity index is 2.74. The van der Waals surface area contributed by atoms with Gasteiger partial charge in [0, 0.05) is 11.6 Å². The van der Waals surface area contributed by atoms with Crippen molar-refractivity contribution in [1.82, 2.24) is 10.3 Å². The predicted octanol–water partition coefficient (Wildman–Crippen LogP) is 0.808. The third kappa shape index (κ3) is 3.01. The molecule has 1 atom stereocenters. The Hall–Kier alpha value is -1.46. The molecule has 0 aliphatic heterocycles. The molecule has 0 radical (unpaired) electrons. The number of nitrogens with zero attached hydrogens (tertiary/aromatic N) is 1. The van der Waals surface area contributed by atoms with Gasteiger partial charge >= 0.3 is 0 Å². The first-order valence-corrected chi connectivity index (χ1v) is 5.00. The van der Waals surface area contributed by atoms with Crippen LogP contribution in [0.3, 0.4) is 0 Å². The molecule has 0 spiro atoms. The number of nitrogens with two attached hydrogens (primary N) is 1. The zero-order valence-corrected chi connectivity index (χ0v) is 9.40. The molecule has 0 saturated carbocycles. The van der Waals surface area contributed by atoms with Gasteiger partial charge in [0.1, 0.15) is 5.82 Å². The first kappa shape index (κ1) is 12.6. The first-order chi connectivity index (χ1) is 7.56. The Morgan fingerprint density at radius 1 is 1.56 bits per heavy atom. The second kappa shape index (κ2) is 5.58. The van der Waals surface area contributed by atoms with Gasteiger partial charge in [0.05, 0.1) is 6.54 Å². The lowest BCUT2D eigenvalue weighted by atomic mass is 10.1. The molecule has 4 nitrogen and oxygen atoms in total. The molecule has 1 aromatic rings. The van der Waals surface area contributed by atoms with Crippen LogP contribution >= 0.6 is 0 Å². The van der Waals surface area contributed by atoms with E-state index in [2.05, 4.69) is 0 Å². The number of likely N-dealkylation sites (N-methyl/N-ethyl adjacent to an activating group) is 1. The summed E-state index contributed by atoms with van der Waals surface area (Å²) in [4.78, 5) is 12.8. The molecular weight excluding hydrogens is 209 g/mol. The number of halogens is 1. The average molecular weight is 225 g/mol. The normalized spacial score (nSPS) is 12.6. The van der Waals surface area contributed by atoms with Crippen LogP contribution in [-0.2, 0) is 4.79 Å². The number of hydrogen-bond donors (Lipinski definition) is 2. The lowest BCUT2D eigenvalue weighted by Gasteiger charge is -2.24. The topological polar surface area (TPSA) is 58.4 Å². The fraction of sp³-hybridized carbons (Fsp3) is 0.364. The van der Waals surface area contributed by atoms with Gasteiger partial charge in [-0.15, -0.1) is 0 Å². The van der Waals surface area contributed by atoms with Gasteiger partial charge in [0.15, 0.2) is 0 Å². The van der Waals surface area contributed by atoms with Crippen LogP contribution in [0.4, 0.5) is 4.39 Å². The van der Waals surface area contributed by atoms with Crippen LogP contribution in [0.2, 0.25) is 0 Å². The van der Waals surface area contributed by atoms with Crippen molar-refractivity contribution in [2.24, 2.45) is 5.84 Å². The van der Waals surface area contributed by atoms with Gasteiger partial charge in [-0.2, -0.15) is 0 Å². The molecule has 1 rings (SSSR count). The summed E-state index contributed by atoms with van der Waals surface area (Å²) in [6.45, 7) is 1.97. The number of carbonyl (C=O) groups is 1. The van der Waals surface area contributed by atoms with Gasteiger partial charge in [-0.25, -0.2) is 10.2 Å². The van der Waals surface area contributed by atoms with Crippen LogP contribution in [0.15, 0.2) is 24.3 Å².